The molecule has 1 rings (SSSR count). The van der Waals surface area contributed by atoms with Crippen LogP contribution in [0.25, 0.3) is 0 Å². The Kier molecular flexibility index (Phi) is 6.12. The molecule has 1 unspecified atom stereocenters. The molecule has 18 heavy (non-hydrogen) atoms. The summed E-state index contributed by atoms with van der Waals surface area (Å²) in [6.45, 7) is 5.02. The summed E-state index contributed by atoms with van der Waals surface area (Å²) in [6, 6.07) is 0. The normalized spacial score (nSPS) is 19.2. The lowest BCUT2D eigenvalue weighted by molar-refractivity contribution is -0.145. The predicted molar refractivity (Wildman–Crippen MR) is 67.3 cm³/mol. The van der Waals surface area contributed by atoms with Crippen molar-refractivity contribution < 1.29 is 19.4 Å². The Morgan fingerprint density at radius 1 is 1.44 bits per heavy atom. The van der Waals surface area contributed by atoms with Crippen molar-refractivity contribution in [2.24, 2.45) is 5.92 Å². The minimum atomic E-state index is -0.957. The van der Waals surface area contributed by atoms with Crippen molar-refractivity contribution in [3.8, 4) is 0 Å². The topological polar surface area (TPSA) is 66.8 Å². The van der Waals surface area contributed by atoms with Gasteiger partial charge >= 0.3 is 5.97 Å². The zero-order chi connectivity index (χ0) is 13.5. The third kappa shape index (κ3) is 5.49. The van der Waals surface area contributed by atoms with E-state index in [9.17, 15) is 9.59 Å². The van der Waals surface area contributed by atoms with E-state index in [-0.39, 0.29) is 24.5 Å². The number of hydrogen-bond donors (Lipinski definition) is 1. The van der Waals surface area contributed by atoms with Crippen molar-refractivity contribution in [3.05, 3.63) is 0 Å². The molecule has 1 aliphatic heterocycles. The predicted octanol–water partition coefficient (Wildman–Crippen LogP) is 1.51. The molecule has 0 aromatic carbocycles. The number of hydrogen-bond acceptors (Lipinski definition) is 3. The molecule has 5 nitrogen and oxygen atoms in total. The van der Waals surface area contributed by atoms with Crippen LogP contribution in [0.1, 0.15) is 39.5 Å². The molecule has 0 aliphatic carbocycles. The molecule has 1 fully saturated rings. The van der Waals surface area contributed by atoms with Crippen LogP contribution < -0.4 is 0 Å². The van der Waals surface area contributed by atoms with Gasteiger partial charge in [0.1, 0.15) is 6.54 Å². The van der Waals surface area contributed by atoms with Gasteiger partial charge < -0.3 is 14.7 Å². The summed E-state index contributed by atoms with van der Waals surface area (Å²) in [5, 5.41) is 8.81. The van der Waals surface area contributed by atoms with Gasteiger partial charge in [-0.3, -0.25) is 9.59 Å². The van der Waals surface area contributed by atoms with E-state index < -0.39 is 5.97 Å². The first-order valence-corrected chi connectivity index (χ1v) is 6.60. The summed E-state index contributed by atoms with van der Waals surface area (Å²) < 4.78 is 5.46. The van der Waals surface area contributed by atoms with Gasteiger partial charge in [0, 0.05) is 19.6 Å². The Morgan fingerprint density at radius 3 is 2.67 bits per heavy atom. The zero-order valence-corrected chi connectivity index (χ0v) is 11.2. The van der Waals surface area contributed by atoms with Crippen LogP contribution in [0.15, 0.2) is 0 Å². The second kappa shape index (κ2) is 7.36. The van der Waals surface area contributed by atoms with Crippen LogP contribution in [0, 0.1) is 5.92 Å². The standard InChI is InChI=1S/C13H23NO4/c1-10(2)8-14(9-13(16)17)12(15)6-5-11-4-3-7-18-11/h10-11H,3-9H2,1-2H3,(H,16,17). The van der Waals surface area contributed by atoms with Crippen LogP contribution in [-0.4, -0.2) is 47.7 Å². The molecule has 1 N–H and O–H groups in total. The molecule has 0 aromatic rings. The van der Waals surface area contributed by atoms with Crippen LogP contribution >= 0.6 is 0 Å². The highest BCUT2D eigenvalue weighted by molar-refractivity contribution is 5.81. The average Bonchev–Trinajstić information content (AvgIpc) is 2.76. The summed E-state index contributed by atoms with van der Waals surface area (Å²) in [7, 11) is 0. The molecule has 0 aromatic heterocycles. The monoisotopic (exact) mass is 257 g/mol. The maximum Gasteiger partial charge on any atom is 0.323 e. The lowest BCUT2D eigenvalue weighted by Gasteiger charge is -2.23. The second-order valence-corrected chi connectivity index (χ2v) is 5.24. The van der Waals surface area contributed by atoms with Gasteiger partial charge in [-0.2, -0.15) is 0 Å². The van der Waals surface area contributed by atoms with Crippen LogP contribution in [0.3, 0.4) is 0 Å². The molecule has 1 aliphatic rings. The molecule has 104 valence electrons. The van der Waals surface area contributed by atoms with E-state index in [2.05, 4.69) is 0 Å². The van der Waals surface area contributed by atoms with E-state index in [4.69, 9.17) is 9.84 Å². The van der Waals surface area contributed by atoms with E-state index in [0.29, 0.717) is 19.4 Å². The largest absolute Gasteiger partial charge is 0.480 e. The first-order chi connectivity index (χ1) is 8.49. The fourth-order valence-corrected chi connectivity index (χ4v) is 2.17. The van der Waals surface area contributed by atoms with Crippen molar-refractivity contribution in [3.63, 3.8) is 0 Å². The highest BCUT2D eigenvalue weighted by Crippen LogP contribution is 2.17. The third-order valence-electron chi connectivity index (χ3n) is 2.97. The molecule has 5 heteroatoms. The quantitative estimate of drug-likeness (QED) is 0.751. The average molecular weight is 257 g/mol. The molecule has 1 saturated heterocycles. The lowest BCUT2D eigenvalue weighted by atomic mass is 10.1. The number of rotatable bonds is 7. The van der Waals surface area contributed by atoms with Gasteiger partial charge in [-0.1, -0.05) is 13.8 Å². The lowest BCUT2D eigenvalue weighted by Crippen LogP contribution is -2.38. The molecular weight excluding hydrogens is 234 g/mol. The van der Waals surface area contributed by atoms with Crippen molar-refractivity contribution in [2.45, 2.75) is 45.6 Å². The highest BCUT2D eigenvalue weighted by atomic mass is 16.5. The Labute approximate surface area is 108 Å². The smallest absolute Gasteiger partial charge is 0.323 e. The number of nitrogens with zero attached hydrogens (tertiary/aromatic N) is 1. The Morgan fingerprint density at radius 2 is 2.17 bits per heavy atom. The van der Waals surface area contributed by atoms with E-state index in [1.54, 1.807) is 0 Å². The molecule has 1 atom stereocenters. The molecule has 0 spiro atoms. The number of carboxylic acids is 1. The van der Waals surface area contributed by atoms with Gasteiger partial charge in [0.05, 0.1) is 6.10 Å². The molecule has 1 amide bonds. The maximum absolute atomic E-state index is 12.0. The molecule has 0 bridgehead atoms. The summed E-state index contributed by atoms with van der Waals surface area (Å²) in [5.74, 6) is -0.765. The molecular formula is C13H23NO4. The first-order valence-electron chi connectivity index (χ1n) is 6.60. The molecule has 0 radical (unpaired) electrons. The summed E-state index contributed by atoms with van der Waals surface area (Å²) in [6.07, 6.45) is 3.33. The number of carbonyl (C=O) groups is 2. The van der Waals surface area contributed by atoms with Crippen LogP contribution in [0.4, 0.5) is 0 Å². The SMILES string of the molecule is CC(C)CN(CC(=O)O)C(=O)CCC1CCCO1. The van der Waals surface area contributed by atoms with Crippen molar-refractivity contribution in [2.75, 3.05) is 19.7 Å². The van der Waals surface area contributed by atoms with Crippen molar-refractivity contribution >= 4 is 11.9 Å². The summed E-state index contributed by atoms with van der Waals surface area (Å²) >= 11 is 0. The zero-order valence-electron chi connectivity index (χ0n) is 11.2. The molecule has 1 heterocycles. The fraction of sp³-hybridized carbons (Fsp3) is 0.846. The van der Waals surface area contributed by atoms with E-state index in [1.807, 2.05) is 13.8 Å². The molecule has 0 saturated carbocycles. The van der Waals surface area contributed by atoms with E-state index >= 15 is 0 Å². The minimum absolute atomic E-state index is 0.0819. The Hall–Kier alpha value is -1.10. The van der Waals surface area contributed by atoms with Gasteiger partial charge in [-0.25, -0.2) is 0 Å². The van der Waals surface area contributed by atoms with Gasteiger partial charge in [0.15, 0.2) is 0 Å². The number of carboxylic acid groups (broad SMARTS) is 1. The number of ether oxygens (including phenoxy) is 1. The van der Waals surface area contributed by atoms with Crippen molar-refractivity contribution in [1.82, 2.24) is 4.90 Å². The Balaban J connectivity index is 2.39. The van der Waals surface area contributed by atoms with E-state index in [1.165, 1.54) is 4.90 Å². The summed E-state index contributed by atoms with van der Waals surface area (Å²) in [5.41, 5.74) is 0. The number of carbonyl (C=O) groups excluding carboxylic acids is 1. The summed E-state index contributed by atoms with van der Waals surface area (Å²) in [4.78, 5) is 24.1. The third-order valence-corrected chi connectivity index (χ3v) is 2.97. The van der Waals surface area contributed by atoms with Gasteiger partial charge in [0.2, 0.25) is 5.91 Å². The van der Waals surface area contributed by atoms with E-state index in [0.717, 1.165) is 19.4 Å². The number of aliphatic carboxylic acids is 1. The highest BCUT2D eigenvalue weighted by Gasteiger charge is 2.21. The van der Waals surface area contributed by atoms with Crippen molar-refractivity contribution in [1.29, 1.82) is 0 Å². The van der Waals surface area contributed by atoms with Gasteiger partial charge in [-0.15, -0.1) is 0 Å². The minimum Gasteiger partial charge on any atom is -0.480 e. The fourth-order valence-electron chi connectivity index (χ4n) is 2.17. The first kappa shape index (κ1) is 15.0. The maximum atomic E-state index is 12.0. The van der Waals surface area contributed by atoms with Crippen LogP contribution in [0.2, 0.25) is 0 Å². The van der Waals surface area contributed by atoms with Crippen LogP contribution in [0.5, 0.6) is 0 Å². The van der Waals surface area contributed by atoms with Gasteiger partial charge in [0.25, 0.3) is 0 Å². The Bertz CT molecular complexity index is 285. The van der Waals surface area contributed by atoms with Crippen LogP contribution in [-0.2, 0) is 14.3 Å². The second-order valence-electron chi connectivity index (χ2n) is 5.24. The number of amides is 1. The van der Waals surface area contributed by atoms with Gasteiger partial charge in [-0.05, 0) is 25.2 Å².